The number of nitrogens with one attached hydrogen (secondary N) is 2. The Hall–Kier alpha value is -0.870. The van der Waals surface area contributed by atoms with Gasteiger partial charge in [-0.05, 0) is 49.8 Å². The van der Waals surface area contributed by atoms with Crippen LogP contribution in [0.25, 0.3) is 0 Å². The van der Waals surface area contributed by atoms with E-state index in [1.807, 2.05) is 19.1 Å². The van der Waals surface area contributed by atoms with E-state index in [2.05, 4.69) is 15.0 Å². The third-order valence-corrected chi connectivity index (χ3v) is 5.70. The average molecular weight is 466 g/mol. The number of hydrogen-bond acceptors (Lipinski definition) is 3. The summed E-state index contributed by atoms with van der Waals surface area (Å²) in [6, 6.07) is 5.39. The minimum absolute atomic E-state index is 0. The standard InChI is InChI=1S/C16H26N4O2S.HI/c1-12-6-7-13(2)15(10-12)23(21,22)20-9-8-18-16(17)19-11-14-4-3-5-14;/h6-7,10,14,20H,3-5,8-9,11H2,1-2H3,(H3,17,18,19);1H. The predicted octanol–water partition coefficient (Wildman–Crippen LogP) is 1.90. The van der Waals surface area contributed by atoms with E-state index < -0.39 is 10.0 Å². The summed E-state index contributed by atoms with van der Waals surface area (Å²) < 4.78 is 27.2. The Labute approximate surface area is 161 Å². The summed E-state index contributed by atoms with van der Waals surface area (Å²) in [6.07, 6.45) is 3.74. The Kier molecular flexibility index (Phi) is 8.44. The molecule has 1 aromatic rings. The van der Waals surface area contributed by atoms with Crippen molar-refractivity contribution in [2.75, 3.05) is 19.6 Å². The second-order valence-corrected chi connectivity index (χ2v) is 7.85. The zero-order valence-corrected chi connectivity index (χ0v) is 17.4. The van der Waals surface area contributed by atoms with E-state index in [1.54, 1.807) is 13.0 Å². The second-order valence-electron chi connectivity index (χ2n) is 6.12. The summed E-state index contributed by atoms with van der Waals surface area (Å²) in [5.41, 5.74) is 7.42. The van der Waals surface area contributed by atoms with Gasteiger partial charge in [-0.1, -0.05) is 18.6 Å². The van der Waals surface area contributed by atoms with E-state index in [1.165, 1.54) is 19.3 Å². The highest BCUT2D eigenvalue weighted by atomic mass is 127. The number of sulfonamides is 1. The van der Waals surface area contributed by atoms with Gasteiger partial charge in [0, 0.05) is 19.6 Å². The molecular weight excluding hydrogens is 439 g/mol. The van der Waals surface area contributed by atoms with Crippen LogP contribution in [0, 0.1) is 19.8 Å². The number of aryl methyl sites for hydroxylation is 2. The fraction of sp³-hybridized carbons (Fsp3) is 0.562. The van der Waals surface area contributed by atoms with Crippen molar-refractivity contribution in [1.82, 2.24) is 10.0 Å². The second kappa shape index (κ2) is 9.57. The molecule has 1 aliphatic rings. The van der Waals surface area contributed by atoms with Crippen LogP contribution in [0.4, 0.5) is 0 Å². The summed E-state index contributed by atoms with van der Waals surface area (Å²) in [6.45, 7) is 5.09. The summed E-state index contributed by atoms with van der Waals surface area (Å²) >= 11 is 0. The SMILES string of the molecule is Cc1ccc(C)c(S(=O)(=O)NCCNC(N)=NCC2CCC2)c1.I. The first-order chi connectivity index (χ1) is 10.9. The summed E-state index contributed by atoms with van der Waals surface area (Å²) in [5.74, 6) is 1.04. The van der Waals surface area contributed by atoms with Gasteiger partial charge in [-0.3, -0.25) is 4.99 Å². The Morgan fingerprint density at radius 2 is 2.00 bits per heavy atom. The molecule has 2 rings (SSSR count). The molecule has 1 fully saturated rings. The highest BCUT2D eigenvalue weighted by Crippen LogP contribution is 2.26. The molecule has 0 spiro atoms. The van der Waals surface area contributed by atoms with Crippen LogP contribution in [0.1, 0.15) is 30.4 Å². The molecule has 0 heterocycles. The molecule has 6 nitrogen and oxygen atoms in total. The van der Waals surface area contributed by atoms with Crippen LogP contribution in [0.2, 0.25) is 0 Å². The van der Waals surface area contributed by atoms with Gasteiger partial charge in [-0.2, -0.15) is 0 Å². The molecule has 0 bridgehead atoms. The highest BCUT2D eigenvalue weighted by molar-refractivity contribution is 14.0. The molecular formula is C16H27IN4O2S. The lowest BCUT2D eigenvalue weighted by Crippen LogP contribution is -2.39. The first kappa shape index (κ1) is 21.2. The van der Waals surface area contributed by atoms with E-state index in [9.17, 15) is 8.42 Å². The Morgan fingerprint density at radius 1 is 1.29 bits per heavy atom. The fourth-order valence-corrected chi connectivity index (χ4v) is 3.77. The molecule has 0 aromatic heterocycles. The molecule has 1 aromatic carbocycles. The Bertz CT molecular complexity index is 673. The van der Waals surface area contributed by atoms with E-state index in [4.69, 9.17) is 5.73 Å². The van der Waals surface area contributed by atoms with E-state index in [0.717, 1.165) is 17.7 Å². The van der Waals surface area contributed by atoms with Crippen LogP contribution >= 0.6 is 24.0 Å². The number of halogens is 1. The summed E-state index contributed by atoms with van der Waals surface area (Å²) in [7, 11) is -3.50. The Morgan fingerprint density at radius 3 is 2.62 bits per heavy atom. The van der Waals surface area contributed by atoms with Crippen molar-refractivity contribution in [3.63, 3.8) is 0 Å². The molecule has 0 unspecified atom stereocenters. The minimum Gasteiger partial charge on any atom is -0.370 e. The van der Waals surface area contributed by atoms with Gasteiger partial charge in [0.05, 0.1) is 4.90 Å². The van der Waals surface area contributed by atoms with Crippen molar-refractivity contribution in [2.24, 2.45) is 16.6 Å². The van der Waals surface area contributed by atoms with Crippen molar-refractivity contribution >= 4 is 40.0 Å². The number of rotatable bonds is 7. The van der Waals surface area contributed by atoms with Gasteiger partial charge in [-0.15, -0.1) is 24.0 Å². The number of nitrogens with zero attached hydrogens (tertiary/aromatic N) is 1. The van der Waals surface area contributed by atoms with Gasteiger partial charge in [-0.25, -0.2) is 13.1 Å². The average Bonchev–Trinajstić information content (AvgIpc) is 2.44. The van der Waals surface area contributed by atoms with Gasteiger partial charge in [0.15, 0.2) is 5.96 Å². The first-order valence-corrected chi connectivity index (χ1v) is 9.47. The number of benzene rings is 1. The lowest BCUT2D eigenvalue weighted by atomic mass is 9.86. The number of nitrogens with two attached hydrogens (primary N) is 1. The molecule has 0 amide bonds. The molecule has 4 N–H and O–H groups in total. The third-order valence-electron chi connectivity index (χ3n) is 4.10. The van der Waals surface area contributed by atoms with Crippen LogP contribution in [-0.4, -0.2) is 34.0 Å². The lowest BCUT2D eigenvalue weighted by Gasteiger charge is -2.23. The topological polar surface area (TPSA) is 96.6 Å². The van der Waals surface area contributed by atoms with Crippen LogP contribution < -0.4 is 15.8 Å². The molecule has 0 saturated heterocycles. The maximum atomic E-state index is 12.3. The zero-order valence-electron chi connectivity index (χ0n) is 14.2. The molecule has 0 atom stereocenters. The maximum Gasteiger partial charge on any atom is 0.240 e. The monoisotopic (exact) mass is 466 g/mol. The minimum atomic E-state index is -3.50. The highest BCUT2D eigenvalue weighted by Gasteiger charge is 2.17. The smallest absolute Gasteiger partial charge is 0.240 e. The summed E-state index contributed by atoms with van der Waals surface area (Å²) in [5, 5.41) is 2.94. The molecule has 8 heteroatoms. The van der Waals surface area contributed by atoms with Crippen LogP contribution in [0.3, 0.4) is 0 Å². The maximum absolute atomic E-state index is 12.3. The lowest BCUT2D eigenvalue weighted by molar-refractivity contribution is 0.326. The van der Waals surface area contributed by atoms with Crippen molar-refractivity contribution in [1.29, 1.82) is 0 Å². The summed E-state index contributed by atoms with van der Waals surface area (Å²) in [4.78, 5) is 4.59. The van der Waals surface area contributed by atoms with Crippen molar-refractivity contribution in [3.05, 3.63) is 29.3 Å². The van der Waals surface area contributed by atoms with Gasteiger partial charge < -0.3 is 11.1 Å². The first-order valence-electron chi connectivity index (χ1n) is 7.99. The van der Waals surface area contributed by atoms with Crippen LogP contribution in [0.15, 0.2) is 28.1 Å². The van der Waals surface area contributed by atoms with Gasteiger partial charge in [0.2, 0.25) is 10.0 Å². The molecule has 0 radical (unpaired) electrons. The van der Waals surface area contributed by atoms with E-state index >= 15 is 0 Å². The van der Waals surface area contributed by atoms with Gasteiger partial charge in [0.25, 0.3) is 0 Å². The zero-order chi connectivity index (χ0) is 16.9. The van der Waals surface area contributed by atoms with Crippen molar-refractivity contribution in [3.8, 4) is 0 Å². The van der Waals surface area contributed by atoms with Crippen molar-refractivity contribution in [2.45, 2.75) is 38.0 Å². The number of guanidine groups is 1. The van der Waals surface area contributed by atoms with Gasteiger partial charge >= 0.3 is 0 Å². The molecule has 1 aliphatic carbocycles. The van der Waals surface area contributed by atoms with Crippen LogP contribution in [0.5, 0.6) is 0 Å². The molecule has 24 heavy (non-hydrogen) atoms. The largest absolute Gasteiger partial charge is 0.370 e. The number of hydrogen-bond donors (Lipinski definition) is 3. The normalized spacial score (nSPS) is 15.5. The van der Waals surface area contributed by atoms with Crippen LogP contribution in [-0.2, 0) is 10.0 Å². The Balaban J connectivity index is 0.00000288. The number of aliphatic imine (C=N–C) groups is 1. The molecule has 0 aliphatic heterocycles. The molecule has 1 saturated carbocycles. The fourth-order valence-electron chi connectivity index (χ4n) is 2.41. The van der Waals surface area contributed by atoms with Gasteiger partial charge in [0.1, 0.15) is 0 Å². The third kappa shape index (κ3) is 6.21. The molecule has 136 valence electrons. The van der Waals surface area contributed by atoms with Crippen molar-refractivity contribution < 1.29 is 8.42 Å². The van der Waals surface area contributed by atoms with E-state index in [-0.39, 0.29) is 30.5 Å². The predicted molar refractivity (Wildman–Crippen MR) is 108 cm³/mol. The quantitative estimate of drug-likeness (QED) is 0.248. The van der Waals surface area contributed by atoms with E-state index in [0.29, 0.717) is 23.3 Å².